The van der Waals surface area contributed by atoms with Crippen LogP contribution in [0.5, 0.6) is 0 Å². The molecule has 1 aromatic heterocycles. The van der Waals surface area contributed by atoms with Crippen molar-refractivity contribution in [3.8, 4) is 0 Å². The van der Waals surface area contributed by atoms with Crippen molar-refractivity contribution in [3.63, 3.8) is 0 Å². The van der Waals surface area contributed by atoms with Crippen molar-refractivity contribution < 1.29 is 4.79 Å². The molecule has 0 radical (unpaired) electrons. The molecule has 0 spiro atoms. The fraction of sp³-hybridized carbons (Fsp3) is 0.333. The van der Waals surface area contributed by atoms with Gasteiger partial charge in [0.15, 0.2) is 0 Å². The molecule has 5 heteroatoms. The topological polar surface area (TPSA) is 41.5 Å². The van der Waals surface area contributed by atoms with Crippen LogP contribution in [0.15, 0.2) is 47.6 Å². The van der Waals surface area contributed by atoms with Crippen LogP contribution in [0, 0.1) is 6.92 Å². The Labute approximate surface area is 180 Å². The monoisotopic (exact) mass is 424 g/mol. The van der Waals surface area contributed by atoms with Gasteiger partial charge < -0.3 is 0 Å². The van der Waals surface area contributed by atoms with E-state index in [1.165, 1.54) is 49.0 Å². The van der Waals surface area contributed by atoms with Gasteiger partial charge in [-0.15, -0.1) is 11.3 Å². The predicted octanol–water partition coefficient (Wildman–Crippen LogP) is 7.06. The highest BCUT2D eigenvalue weighted by atomic mass is 35.5. The van der Waals surface area contributed by atoms with Crippen LogP contribution < -0.4 is 5.43 Å². The normalized spacial score (nSPS) is 15.6. The highest BCUT2D eigenvalue weighted by Gasteiger charge is 2.17. The van der Waals surface area contributed by atoms with Gasteiger partial charge in [-0.05, 0) is 55.4 Å². The number of amides is 1. The first-order valence-electron chi connectivity index (χ1n) is 10.2. The highest BCUT2D eigenvalue weighted by molar-refractivity contribution is 7.21. The van der Waals surface area contributed by atoms with Gasteiger partial charge in [0, 0.05) is 10.1 Å². The smallest absolute Gasteiger partial charge is 0.266 e. The molecule has 29 heavy (non-hydrogen) atoms. The third kappa shape index (κ3) is 4.39. The second-order valence-corrected chi connectivity index (χ2v) is 9.27. The van der Waals surface area contributed by atoms with Crippen molar-refractivity contribution in [2.24, 2.45) is 5.10 Å². The molecule has 1 fully saturated rings. The summed E-state index contributed by atoms with van der Waals surface area (Å²) in [6.45, 7) is 3.94. The van der Waals surface area contributed by atoms with Gasteiger partial charge in [-0.3, -0.25) is 4.79 Å². The Balaban J connectivity index is 1.47. The SMILES string of the molecule is C/C(=N\NC(=O)c1sc2cc(C)ccc2c1Cl)c1ccc(C2CCCCC2)cc1. The number of rotatable bonds is 4. The Hall–Kier alpha value is -2.17. The summed E-state index contributed by atoms with van der Waals surface area (Å²) in [5.41, 5.74) is 7.02. The molecule has 2 aromatic carbocycles. The minimum Gasteiger partial charge on any atom is -0.266 e. The average Bonchev–Trinajstić information content (AvgIpc) is 3.08. The van der Waals surface area contributed by atoms with E-state index in [0.717, 1.165) is 26.9 Å². The zero-order valence-corrected chi connectivity index (χ0v) is 18.4. The number of carbonyl (C=O) groups is 1. The van der Waals surface area contributed by atoms with Crippen LogP contribution in [-0.2, 0) is 0 Å². The van der Waals surface area contributed by atoms with Crippen molar-refractivity contribution in [1.29, 1.82) is 0 Å². The molecule has 0 saturated heterocycles. The Kier molecular flexibility index (Phi) is 6.02. The van der Waals surface area contributed by atoms with E-state index in [9.17, 15) is 4.79 Å². The number of nitrogens with one attached hydrogen (secondary N) is 1. The van der Waals surface area contributed by atoms with Gasteiger partial charge in [-0.25, -0.2) is 5.43 Å². The molecule has 0 aliphatic heterocycles. The van der Waals surface area contributed by atoms with Crippen molar-refractivity contribution in [2.45, 2.75) is 51.9 Å². The zero-order valence-electron chi connectivity index (χ0n) is 16.8. The van der Waals surface area contributed by atoms with Gasteiger partial charge in [0.05, 0.1) is 10.7 Å². The molecule has 0 unspecified atom stereocenters. The van der Waals surface area contributed by atoms with Crippen molar-refractivity contribution >= 4 is 44.6 Å². The highest BCUT2D eigenvalue weighted by Crippen LogP contribution is 2.36. The molecule has 1 aliphatic carbocycles. The third-order valence-electron chi connectivity index (χ3n) is 5.72. The molecule has 1 N–H and O–H groups in total. The third-order valence-corrected chi connectivity index (χ3v) is 7.38. The van der Waals surface area contributed by atoms with E-state index >= 15 is 0 Å². The molecule has 3 aromatic rings. The van der Waals surface area contributed by atoms with E-state index in [1.54, 1.807) is 0 Å². The van der Waals surface area contributed by atoms with Crippen molar-refractivity contribution in [2.75, 3.05) is 0 Å². The number of halogens is 1. The summed E-state index contributed by atoms with van der Waals surface area (Å²) < 4.78 is 1.01. The fourth-order valence-electron chi connectivity index (χ4n) is 4.00. The molecular weight excluding hydrogens is 400 g/mol. The maximum absolute atomic E-state index is 12.6. The Morgan fingerprint density at radius 3 is 2.55 bits per heavy atom. The van der Waals surface area contributed by atoms with E-state index in [2.05, 4.69) is 34.8 Å². The van der Waals surface area contributed by atoms with Gasteiger partial charge in [-0.1, -0.05) is 67.3 Å². The minimum absolute atomic E-state index is 0.271. The maximum atomic E-state index is 12.6. The van der Waals surface area contributed by atoms with Crippen LogP contribution in [0.3, 0.4) is 0 Å². The number of hydrogen-bond acceptors (Lipinski definition) is 3. The maximum Gasteiger partial charge on any atom is 0.283 e. The lowest BCUT2D eigenvalue weighted by Gasteiger charge is -2.22. The van der Waals surface area contributed by atoms with Crippen LogP contribution in [0.4, 0.5) is 0 Å². The van der Waals surface area contributed by atoms with Gasteiger partial charge in [0.2, 0.25) is 0 Å². The van der Waals surface area contributed by atoms with E-state index in [4.69, 9.17) is 11.6 Å². The lowest BCUT2D eigenvalue weighted by Crippen LogP contribution is -2.18. The molecule has 150 valence electrons. The molecule has 3 nitrogen and oxygen atoms in total. The van der Waals surface area contributed by atoms with Crippen LogP contribution in [0.25, 0.3) is 10.1 Å². The lowest BCUT2D eigenvalue weighted by molar-refractivity contribution is 0.0959. The molecule has 4 rings (SSSR count). The van der Waals surface area contributed by atoms with Gasteiger partial charge >= 0.3 is 0 Å². The van der Waals surface area contributed by atoms with Crippen LogP contribution in [-0.4, -0.2) is 11.6 Å². The molecule has 0 bridgehead atoms. The Bertz CT molecular complexity index is 1060. The summed E-state index contributed by atoms with van der Waals surface area (Å²) in [7, 11) is 0. The number of carbonyl (C=O) groups excluding carboxylic acids is 1. The summed E-state index contributed by atoms with van der Waals surface area (Å²) in [5, 5.41) is 5.71. The second-order valence-electron chi connectivity index (χ2n) is 7.84. The minimum atomic E-state index is -0.271. The summed E-state index contributed by atoms with van der Waals surface area (Å²) >= 11 is 7.83. The molecular formula is C24H25ClN2OS. The van der Waals surface area contributed by atoms with Crippen molar-refractivity contribution in [3.05, 3.63) is 69.1 Å². The molecule has 1 aliphatic rings. The number of aryl methyl sites for hydroxylation is 1. The average molecular weight is 425 g/mol. The first-order chi connectivity index (χ1) is 14.0. The van der Waals surface area contributed by atoms with Gasteiger partial charge in [0.25, 0.3) is 5.91 Å². The van der Waals surface area contributed by atoms with E-state index in [0.29, 0.717) is 15.8 Å². The molecule has 1 amide bonds. The van der Waals surface area contributed by atoms with Crippen LogP contribution in [0.1, 0.15) is 71.3 Å². The summed E-state index contributed by atoms with van der Waals surface area (Å²) in [4.78, 5) is 13.1. The lowest BCUT2D eigenvalue weighted by atomic mass is 9.84. The van der Waals surface area contributed by atoms with Crippen molar-refractivity contribution in [1.82, 2.24) is 5.43 Å². The summed E-state index contributed by atoms with van der Waals surface area (Å²) in [5.74, 6) is 0.417. The second kappa shape index (κ2) is 8.68. The standard InChI is InChI=1S/C24H25ClN2OS/c1-15-8-13-20-21(14-15)29-23(22(20)25)24(28)27-26-16(2)17-9-11-19(12-10-17)18-6-4-3-5-7-18/h8-14,18H,3-7H2,1-2H3,(H,27,28)/b26-16+. The quantitative estimate of drug-likeness (QED) is 0.353. The Morgan fingerprint density at radius 1 is 1.10 bits per heavy atom. The van der Waals surface area contributed by atoms with Gasteiger partial charge in [-0.2, -0.15) is 5.10 Å². The number of hydrogen-bond donors (Lipinski definition) is 1. The number of nitrogens with zero attached hydrogens (tertiary/aromatic N) is 1. The first-order valence-corrected chi connectivity index (χ1v) is 11.4. The molecule has 0 atom stereocenters. The first kappa shape index (κ1) is 20.1. The number of hydrazone groups is 1. The van der Waals surface area contributed by atoms with E-state index < -0.39 is 0 Å². The van der Waals surface area contributed by atoms with Crippen LogP contribution in [0.2, 0.25) is 5.02 Å². The largest absolute Gasteiger partial charge is 0.283 e. The Morgan fingerprint density at radius 2 is 1.83 bits per heavy atom. The number of fused-ring (bicyclic) bond motifs is 1. The predicted molar refractivity (Wildman–Crippen MR) is 124 cm³/mol. The van der Waals surface area contributed by atoms with E-state index in [1.807, 2.05) is 32.0 Å². The summed E-state index contributed by atoms with van der Waals surface area (Å²) in [6.07, 6.45) is 6.61. The summed E-state index contributed by atoms with van der Waals surface area (Å²) in [6, 6.07) is 14.6. The fourth-order valence-corrected chi connectivity index (χ4v) is 5.51. The van der Waals surface area contributed by atoms with Gasteiger partial charge in [0.1, 0.15) is 4.88 Å². The van der Waals surface area contributed by atoms with Crippen LogP contribution >= 0.6 is 22.9 Å². The molecule has 1 saturated carbocycles. The number of benzene rings is 2. The molecule has 1 heterocycles. The zero-order chi connectivity index (χ0) is 20.4. The number of thiophene rings is 1. The van der Waals surface area contributed by atoms with E-state index in [-0.39, 0.29) is 5.91 Å².